The highest BCUT2D eigenvalue weighted by molar-refractivity contribution is 7.92. The summed E-state index contributed by atoms with van der Waals surface area (Å²) >= 11 is 6.23. The molecule has 0 radical (unpaired) electrons. The second-order valence-corrected chi connectivity index (χ2v) is 13.4. The molecule has 2 aliphatic carbocycles. The number of carbonyl (C=O) groups is 1. The molecule has 13 heteroatoms. The molecule has 0 heterocycles. The van der Waals surface area contributed by atoms with E-state index in [0.717, 1.165) is 12.3 Å². The maximum absolute atomic E-state index is 13.7. The van der Waals surface area contributed by atoms with Crippen molar-refractivity contribution in [1.82, 2.24) is 0 Å². The Morgan fingerprint density at radius 3 is 2.17 bits per heavy atom. The lowest BCUT2D eigenvalue weighted by Crippen LogP contribution is -2.38. The fourth-order valence-electron chi connectivity index (χ4n) is 5.30. The van der Waals surface area contributed by atoms with Crippen molar-refractivity contribution in [3.63, 3.8) is 0 Å². The van der Waals surface area contributed by atoms with E-state index >= 15 is 0 Å². The number of fused-ring (bicyclic) bond motifs is 2. The van der Waals surface area contributed by atoms with Gasteiger partial charge in [0.2, 0.25) is 0 Å². The van der Waals surface area contributed by atoms with Gasteiger partial charge >= 0.3 is 0 Å². The fourth-order valence-corrected chi connectivity index (χ4v) is 8.61. The van der Waals surface area contributed by atoms with Gasteiger partial charge in [-0.2, -0.15) is 8.42 Å². The van der Waals surface area contributed by atoms with Crippen LogP contribution in [0, 0.1) is 35.2 Å². The first-order valence-electron chi connectivity index (χ1n) is 11.1. The SMILES string of the molecule is CS(=O)(=O)OC[C@H]1CC2CCC(C1)[C@@H]2S(=O)(=O)c1cc(C(=O)Nc2cc(F)c(F)c(F)c2)ccc1Cl. The third-order valence-electron chi connectivity index (χ3n) is 6.73. The van der Waals surface area contributed by atoms with E-state index in [1.807, 2.05) is 0 Å². The molecule has 0 aliphatic heterocycles. The Bertz CT molecular complexity index is 1380. The van der Waals surface area contributed by atoms with Crippen LogP contribution in [-0.4, -0.2) is 40.9 Å². The first-order valence-corrected chi connectivity index (χ1v) is 14.8. The molecule has 196 valence electrons. The van der Waals surface area contributed by atoms with Crippen LogP contribution < -0.4 is 5.32 Å². The number of halogens is 4. The summed E-state index contributed by atoms with van der Waals surface area (Å²) in [4.78, 5) is 12.4. The summed E-state index contributed by atoms with van der Waals surface area (Å²) in [6.07, 6.45) is 3.24. The average molecular weight is 566 g/mol. The van der Waals surface area contributed by atoms with Crippen molar-refractivity contribution in [2.45, 2.75) is 35.8 Å². The predicted octanol–water partition coefficient (Wildman–Crippen LogP) is 4.56. The topological polar surface area (TPSA) is 107 Å². The number of nitrogens with one attached hydrogen (secondary N) is 1. The maximum Gasteiger partial charge on any atom is 0.264 e. The molecular formula is C23H23ClF3NO6S2. The van der Waals surface area contributed by atoms with Crippen LogP contribution in [0.15, 0.2) is 35.2 Å². The second-order valence-electron chi connectivity index (χ2n) is 9.29. The quantitative estimate of drug-likeness (QED) is 0.389. The standard InChI is InChI=1S/C23H23ClF3NO6S2/c1-35(30,31)34-11-12-6-13-2-3-14(7-12)22(13)36(32,33)20-8-15(4-5-17(20)24)23(29)28-16-9-18(25)21(27)19(26)10-16/h4-5,8-10,12-14,22H,2-3,6-7,11H2,1H3,(H,28,29)/t12-,13?,14?,22+. The molecule has 2 aromatic rings. The molecule has 1 N–H and O–H groups in total. The number of sulfone groups is 1. The van der Waals surface area contributed by atoms with Crippen LogP contribution in [-0.2, 0) is 24.1 Å². The zero-order valence-electron chi connectivity index (χ0n) is 19.0. The Morgan fingerprint density at radius 1 is 1.03 bits per heavy atom. The van der Waals surface area contributed by atoms with Gasteiger partial charge in [-0.25, -0.2) is 21.6 Å². The van der Waals surface area contributed by atoms with Gasteiger partial charge in [-0.3, -0.25) is 8.98 Å². The number of carbonyl (C=O) groups excluding carboxylic acids is 1. The Hall–Kier alpha value is -2.15. The van der Waals surface area contributed by atoms with Gasteiger partial charge in [-0.1, -0.05) is 11.6 Å². The van der Waals surface area contributed by atoms with E-state index in [9.17, 15) is 34.8 Å². The highest BCUT2D eigenvalue weighted by Crippen LogP contribution is 2.50. The van der Waals surface area contributed by atoms with Crippen LogP contribution in [0.25, 0.3) is 0 Å². The molecule has 36 heavy (non-hydrogen) atoms. The van der Waals surface area contributed by atoms with Crippen LogP contribution >= 0.6 is 11.6 Å². The van der Waals surface area contributed by atoms with Crippen LogP contribution in [0.4, 0.5) is 18.9 Å². The number of hydrogen-bond donors (Lipinski definition) is 1. The number of rotatable bonds is 7. The minimum Gasteiger partial charge on any atom is -0.322 e. The Labute approximate surface area is 212 Å². The Kier molecular flexibility index (Phi) is 7.44. The first-order chi connectivity index (χ1) is 16.8. The molecule has 1 amide bonds. The maximum atomic E-state index is 13.7. The highest BCUT2D eigenvalue weighted by Gasteiger charge is 2.50. The van der Waals surface area contributed by atoms with E-state index in [1.165, 1.54) is 12.1 Å². The molecule has 7 nitrogen and oxygen atoms in total. The van der Waals surface area contributed by atoms with E-state index in [0.29, 0.717) is 37.8 Å². The minimum absolute atomic E-state index is 0.000409. The molecular weight excluding hydrogens is 543 g/mol. The van der Waals surface area contributed by atoms with Crippen molar-refractivity contribution < 1.29 is 39.0 Å². The molecule has 4 rings (SSSR count). The van der Waals surface area contributed by atoms with Gasteiger partial charge in [-0.05, 0) is 61.6 Å². The van der Waals surface area contributed by atoms with Gasteiger partial charge in [0.25, 0.3) is 16.0 Å². The monoisotopic (exact) mass is 565 g/mol. The van der Waals surface area contributed by atoms with E-state index in [-0.39, 0.29) is 45.5 Å². The number of anilines is 1. The molecule has 2 aliphatic rings. The van der Waals surface area contributed by atoms with Crippen molar-refractivity contribution in [3.05, 3.63) is 58.4 Å². The Morgan fingerprint density at radius 2 is 1.61 bits per heavy atom. The van der Waals surface area contributed by atoms with Gasteiger partial charge in [0.15, 0.2) is 27.3 Å². The van der Waals surface area contributed by atoms with Gasteiger partial charge in [0.05, 0.1) is 28.0 Å². The molecule has 2 unspecified atom stereocenters. The van der Waals surface area contributed by atoms with Crippen LogP contribution in [0.5, 0.6) is 0 Å². The van der Waals surface area contributed by atoms with Crippen molar-refractivity contribution in [2.75, 3.05) is 18.2 Å². The lowest BCUT2D eigenvalue weighted by molar-refractivity contribution is 0.102. The summed E-state index contributed by atoms with van der Waals surface area (Å²) in [5, 5.41) is 1.40. The lowest BCUT2D eigenvalue weighted by atomic mass is 9.81. The molecule has 2 saturated carbocycles. The van der Waals surface area contributed by atoms with Crippen molar-refractivity contribution in [2.24, 2.45) is 17.8 Å². The smallest absolute Gasteiger partial charge is 0.264 e. The molecule has 2 atom stereocenters. The lowest BCUT2D eigenvalue weighted by Gasteiger charge is -2.34. The number of amides is 1. The third kappa shape index (κ3) is 5.56. The van der Waals surface area contributed by atoms with Crippen molar-refractivity contribution >= 4 is 43.2 Å². The molecule has 2 fully saturated rings. The van der Waals surface area contributed by atoms with Crippen LogP contribution in [0.1, 0.15) is 36.0 Å². The van der Waals surface area contributed by atoms with Crippen LogP contribution in [0.2, 0.25) is 5.02 Å². The third-order valence-corrected chi connectivity index (χ3v) is 10.2. The normalized spacial score (nSPS) is 24.0. The summed E-state index contributed by atoms with van der Waals surface area (Å²) in [5.74, 6) is -6.05. The van der Waals surface area contributed by atoms with Gasteiger partial charge in [0.1, 0.15) is 0 Å². The summed E-state index contributed by atoms with van der Waals surface area (Å²) in [7, 11) is -7.59. The van der Waals surface area contributed by atoms with Gasteiger partial charge in [-0.15, -0.1) is 0 Å². The average Bonchev–Trinajstić information content (AvgIpc) is 3.07. The van der Waals surface area contributed by atoms with Gasteiger partial charge < -0.3 is 5.32 Å². The van der Waals surface area contributed by atoms with Gasteiger partial charge in [0, 0.05) is 23.4 Å². The first kappa shape index (κ1) is 26.9. The molecule has 0 aromatic heterocycles. The number of hydrogen-bond acceptors (Lipinski definition) is 6. The summed E-state index contributed by atoms with van der Waals surface area (Å²) < 4.78 is 95.1. The number of benzene rings is 2. The summed E-state index contributed by atoms with van der Waals surface area (Å²) in [6, 6.07) is 4.84. The van der Waals surface area contributed by atoms with E-state index in [1.54, 1.807) is 0 Å². The zero-order valence-corrected chi connectivity index (χ0v) is 21.4. The van der Waals surface area contributed by atoms with Crippen LogP contribution in [0.3, 0.4) is 0 Å². The molecule has 0 spiro atoms. The molecule has 0 saturated heterocycles. The van der Waals surface area contributed by atoms with E-state index in [2.05, 4.69) is 5.32 Å². The van der Waals surface area contributed by atoms with Crippen molar-refractivity contribution in [3.8, 4) is 0 Å². The van der Waals surface area contributed by atoms with Crippen molar-refractivity contribution in [1.29, 1.82) is 0 Å². The predicted molar refractivity (Wildman–Crippen MR) is 126 cm³/mol. The minimum atomic E-state index is -3.98. The zero-order chi connectivity index (χ0) is 26.4. The fraction of sp³-hybridized carbons (Fsp3) is 0.435. The second kappa shape index (κ2) is 9.96. The highest BCUT2D eigenvalue weighted by atomic mass is 35.5. The molecule has 2 aromatic carbocycles. The largest absolute Gasteiger partial charge is 0.322 e. The summed E-state index contributed by atoms with van der Waals surface area (Å²) in [5.41, 5.74) is -0.464. The van der Waals surface area contributed by atoms with E-state index in [4.69, 9.17) is 15.8 Å². The summed E-state index contributed by atoms with van der Waals surface area (Å²) in [6.45, 7) is -0.000409. The van der Waals surface area contributed by atoms with E-state index < -0.39 is 48.6 Å². The Balaban J connectivity index is 1.56. The molecule has 2 bridgehead atoms.